The number of carboxylic acid groups (broad SMARTS) is 1. The molecular formula is C19H14BrNO3. The molecule has 120 valence electrons. The summed E-state index contributed by atoms with van der Waals surface area (Å²) in [7, 11) is 0. The highest BCUT2D eigenvalue weighted by Gasteiger charge is 2.33. The van der Waals surface area contributed by atoms with Gasteiger partial charge < -0.3 is 9.84 Å². The van der Waals surface area contributed by atoms with Crippen molar-refractivity contribution in [3.63, 3.8) is 0 Å². The van der Waals surface area contributed by atoms with Gasteiger partial charge in [-0.05, 0) is 37.0 Å². The van der Waals surface area contributed by atoms with Crippen molar-refractivity contribution in [2.24, 2.45) is 0 Å². The molecule has 3 aromatic rings. The van der Waals surface area contributed by atoms with E-state index in [1.165, 1.54) is 0 Å². The molecular weight excluding hydrogens is 370 g/mol. The normalized spacial score (nSPS) is 13.9. The first-order valence-electron chi connectivity index (χ1n) is 7.73. The van der Waals surface area contributed by atoms with Crippen molar-refractivity contribution in [2.45, 2.75) is 18.8 Å². The molecule has 1 N–H and O–H groups in total. The van der Waals surface area contributed by atoms with E-state index < -0.39 is 6.16 Å². The highest BCUT2D eigenvalue weighted by atomic mass is 79.9. The third-order valence-electron chi connectivity index (χ3n) is 4.16. The van der Waals surface area contributed by atoms with Gasteiger partial charge >= 0.3 is 6.16 Å². The molecule has 5 heteroatoms. The Kier molecular flexibility index (Phi) is 3.73. The lowest BCUT2D eigenvalue weighted by molar-refractivity contribution is 0.144. The zero-order valence-electron chi connectivity index (χ0n) is 12.7. The predicted molar refractivity (Wildman–Crippen MR) is 95.5 cm³/mol. The van der Waals surface area contributed by atoms with Crippen molar-refractivity contribution in [3.8, 4) is 17.0 Å². The number of benzene rings is 2. The van der Waals surface area contributed by atoms with Gasteiger partial charge in [0.2, 0.25) is 0 Å². The van der Waals surface area contributed by atoms with Crippen molar-refractivity contribution in [1.29, 1.82) is 0 Å². The number of hydrogen-bond acceptors (Lipinski definition) is 3. The summed E-state index contributed by atoms with van der Waals surface area (Å²) in [5.41, 5.74) is 3.40. The number of ether oxygens (including phenoxy) is 1. The first-order chi connectivity index (χ1) is 11.6. The SMILES string of the molecule is O=C(O)Oc1c(C2CC2)c(-c2ccccc2)nc2ccc(Br)cc12. The monoisotopic (exact) mass is 383 g/mol. The van der Waals surface area contributed by atoms with Crippen LogP contribution in [-0.2, 0) is 0 Å². The van der Waals surface area contributed by atoms with E-state index in [9.17, 15) is 9.90 Å². The van der Waals surface area contributed by atoms with Gasteiger partial charge in [-0.1, -0.05) is 46.3 Å². The lowest BCUT2D eigenvalue weighted by Gasteiger charge is -2.16. The van der Waals surface area contributed by atoms with Crippen LogP contribution in [0.3, 0.4) is 0 Å². The van der Waals surface area contributed by atoms with Crippen LogP contribution in [-0.4, -0.2) is 16.2 Å². The standard InChI is InChI=1S/C19H14BrNO3/c20-13-8-9-15-14(10-13)18(24-19(22)23)16(11-6-7-11)17(21-15)12-4-2-1-3-5-12/h1-5,8-11H,6-7H2,(H,22,23). The molecule has 0 bridgehead atoms. The summed E-state index contributed by atoms with van der Waals surface area (Å²) in [6, 6.07) is 15.5. The second-order valence-corrected chi connectivity index (χ2v) is 6.79. The maximum Gasteiger partial charge on any atom is 0.511 e. The molecule has 0 spiro atoms. The summed E-state index contributed by atoms with van der Waals surface area (Å²) in [6.07, 6.45) is 0.747. The fraction of sp³-hybridized carbons (Fsp3) is 0.158. The van der Waals surface area contributed by atoms with Gasteiger partial charge in [-0.15, -0.1) is 0 Å². The second-order valence-electron chi connectivity index (χ2n) is 5.87. The Balaban J connectivity index is 2.07. The van der Waals surface area contributed by atoms with Crippen molar-refractivity contribution < 1.29 is 14.6 Å². The Morgan fingerprint density at radius 3 is 2.58 bits per heavy atom. The first-order valence-corrected chi connectivity index (χ1v) is 8.52. The molecule has 0 radical (unpaired) electrons. The quantitative estimate of drug-likeness (QED) is 0.598. The summed E-state index contributed by atoms with van der Waals surface area (Å²) in [5, 5.41) is 9.95. The Bertz CT molecular complexity index is 936. The number of halogens is 1. The number of pyridine rings is 1. The molecule has 1 aliphatic rings. The van der Waals surface area contributed by atoms with E-state index >= 15 is 0 Å². The lowest BCUT2D eigenvalue weighted by Crippen LogP contribution is -2.07. The maximum absolute atomic E-state index is 11.3. The van der Waals surface area contributed by atoms with Gasteiger partial charge in [-0.25, -0.2) is 9.78 Å². The van der Waals surface area contributed by atoms with Crippen LogP contribution >= 0.6 is 15.9 Å². The van der Waals surface area contributed by atoms with Crippen LogP contribution < -0.4 is 4.74 Å². The minimum atomic E-state index is -1.30. The second kappa shape index (κ2) is 5.91. The van der Waals surface area contributed by atoms with Gasteiger partial charge in [-0.2, -0.15) is 0 Å². The molecule has 1 aliphatic carbocycles. The van der Waals surface area contributed by atoms with E-state index in [-0.39, 0.29) is 0 Å². The molecule has 1 aromatic heterocycles. The van der Waals surface area contributed by atoms with E-state index in [4.69, 9.17) is 9.72 Å². The zero-order valence-corrected chi connectivity index (χ0v) is 14.3. The van der Waals surface area contributed by atoms with Crippen LogP contribution in [0, 0.1) is 0 Å². The highest BCUT2D eigenvalue weighted by molar-refractivity contribution is 9.10. The summed E-state index contributed by atoms with van der Waals surface area (Å²) in [6.45, 7) is 0. The van der Waals surface area contributed by atoms with Crippen molar-refractivity contribution in [1.82, 2.24) is 4.98 Å². The number of hydrogen-bond donors (Lipinski definition) is 1. The van der Waals surface area contributed by atoms with Crippen LogP contribution in [0.1, 0.15) is 24.3 Å². The largest absolute Gasteiger partial charge is 0.511 e. The van der Waals surface area contributed by atoms with E-state index in [0.717, 1.165) is 39.7 Å². The average molecular weight is 384 g/mol. The Morgan fingerprint density at radius 2 is 1.92 bits per heavy atom. The summed E-state index contributed by atoms with van der Waals surface area (Å²) in [4.78, 5) is 16.1. The average Bonchev–Trinajstić information content (AvgIpc) is 3.40. The Morgan fingerprint density at radius 1 is 1.17 bits per heavy atom. The molecule has 0 aliphatic heterocycles. The van der Waals surface area contributed by atoms with Crippen LogP contribution in [0.4, 0.5) is 4.79 Å². The van der Waals surface area contributed by atoms with Gasteiger partial charge in [0.15, 0.2) is 0 Å². The van der Waals surface area contributed by atoms with Gasteiger partial charge in [0.1, 0.15) is 5.75 Å². The van der Waals surface area contributed by atoms with Gasteiger partial charge in [0.05, 0.1) is 11.2 Å². The molecule has 0 unspecified atom stereocenters. The van der Waals surface area contributed by atoms with Gasteiger partial charge in [0, 0.05) is 21.0 Å². The molecule has 4 nitrogen and oxygen atoms in total. The Hall–Kier alpha value is -2.40. The third kappa shape index (κ3) is 2.76. The molecule has 1 heterocycles. The number of carbonyl (C=O) groups is 1. The molecule has 1 saturated carbocycles. The number of fused-ring (bicyclic) bond motifs is 1. The van der Waals surface area contributed by atoms with E-state index in [1.807, 2.05) is 48.5 Å². The minimum Gasteiger partial charge on any atom is -0.449 e. The molecule has 0 amide bonds. The predicted octanol–water partition coefficient (Wildman–Crippen LogP) is 5.60. The first kappa shape index (κ1) is 15.1. The van der Waals surface area contributed by atoms with Gasteiger partial charge in [-0.3, -0.25) is 0 Å². The topological polar surface area (TPSA) is 59.4 Å². The molecule has 24 heavy (non-hydrogen) atoms. The van der Waals surface area contributed by atoms with Crippen LogP contribution in [0.25, 0.3) is 22.2 Å². The van der Waals surface area contributed by atoms with Crippen LogP contribution in [0.5, 0.6) is 5.75 Å². The highest BCUT2D eigenvalue weighted by Crippen LogP contribution is 2.50. The van der Waals surface area contributed by atoms with E-state index in [0.29, 0.717) is 17.1 Å². The molecule has 2 aromatic carbocycles. The van der Waals surface area contributed by atoms with Crippen LogP contribution in [0.15, 0.2) is 53.0 Å². The fourth-order valence-electron chi connectivity index (χ4n) is 2.99. The van der Waals surface area contributed by atoms with Crippen molar-refractivity contribution in [2.75, 3.05) is 0 Å². The number of rotatable bonds is 3. The summed E-state index contributed by atoms with van der Waals surface area (Å²) >= 11 is 3.44. The third-order valence-corrected chi connectivity index (χ3v) is 4.65. The number of aromatic nitrogens is 1. The smallest absolute Gasteiger partial charge is 0.449 e. The molecule has 4 rings (SSSR count). The molecule has 0 atom stereocenters. The Labute approximate surface area is 147 Å². The summed E-state index contributed by atoms with van der Waals surface area (Å²) < 4.78 is 6.10. The minimum absolute atomic E-state index is 0.297. The van der Waals surface area contributed by atoms with E-state index in [2.05, 4.69) is 15.9 Å². The maximum atomic E-state index is 11.3. The van der Waals surface area contributed by atoms with Crippen molar-refractivity contribution >= 4 is 33.0 Å². The lowest BCUT2D eigenvalue weighted by atomic mass is 9.98. The van der Waals surface area contributed by atoms with Crippen LogP contribution in [0.2, 0.25) is 0 Å². The van der Waals surface area contributed by atoms with E-state index in [1.54, 1.807) is 0 Å². The van der Waals surface area contributed by atoms with Gasteiger partial charge in [0.25, 0.3) is 0 Å². The molecule has 1 fully saturated rings. The number of nitrogens with zero attached hydrogens (tertiary/aromatic N) is 1. The summed E-state index contributed by atoms with van der Waals surface area (Å²) in [5.74, 6) is 0.709. The van der Waals surface area contributed by atoms with Crippen molar-refractivity contribution in [3.05, 3.63) is 58.6 Å². The zero-order chi connectivity index (χ0) is 16.7. The molecule has 0 saturated heterocycles. The fourth-order valence-corrected chi connectivity index (χ4v) is 3.35.